The summed E-state index contributed by atoms with van der Waals surface area (Å²) in [6.45, 7) is 1.03. The Labute approximate surface area is 112 Å². The van der Waals surface area contributed by atoms with Gasteiger partial charge in [0.05, 0.1) is 5.52 Å². The molecule has 0 saturated carbocycles. The van der Waals surface area contributed by atoms with E-state index in [1.54, 1.807) is 23.1 Å². The zero-order valence-electron chi connectivity index (χ0n) is 10.3. The lowest BCUT2D eigenvalue weighted by atomic mass is 10.1. The number of nitrogen functional groups attached to an aromatic ring is 1. The molecule has 0 atom stereocenters. The highest BCUT2D eigenvalue weighted by Crippen LogP contribution is 2.20. The number of rotatable bonds is 1. The number of nitrogens with zero attached hydrogens (tertiary/aromatic N) is 2. The molecule has 1 aromatic carbocycles. The molecule has 6 nitrogen and oxygen atoms in total. The third kappa shape index (κ3) is 2.21. The number of nitrogens with two attached hydrogens (primary N) is 1. The normalized spacial score (nSPS) is 16.9. The topological polar surface area (TPSA) is 92.1 Å². The van der Waals surface area contributed by atoms with Crippen molar-refractivity contribution in [1.29, 1.82) is 0 Å². The fourth-order valence-electron chi connectivity index (χ4n) is 2.19. The number of amides is 1. The zero-order chi connectivity index (χ0) is 13.4. The number of carbonyl (C=O) groups excluding carboxylic acids is 1. The molecule has 1 aliphatic heterocycles. The summed E-state index contributed by atoms with van der Waals surface area (Å²) in [6, 6.07) is 5.31. The van der Waals surface area contributed by atoms with Crippen molar-refractivity contribution in [3.63, 3.8) is 0 Å². The number of carbonyl (C=O) groups is 1. The van der Waals surface area contributed by atoms with Crippen LogP contribution in [0.3, 0.4) is 0 Å². The molecular formula is C12H14N4O2S. The van der Waals surface area contributed by atoms with Crippen molar-refractivity contribution < 1.29 is 9.00 Å². The van der Waals surface area contributed by atoms with Gasteiger partial charge >= 0.3 is 0 Å². The number of nitrogens with one attached hydrogen (secondary N) is 1. The Bertz CT molecular complexity index is 657. The minimum absolute atomic E-state index is 0.131. The van der Waals surface area contributed by atoms with Crippen molar-refractivity contribution in [3.8, 4) is 0 Å². The maximum atomic E-state index is 12.4. The molecule has 1 fully saturated rings. The van der Waals surface area contributed by atoms with Crippen molar-refractivity contribution in [2.45, 2.75) is 0 Å². The number of fused-ring (bicyclic) bond motifs is 1. The number of hydrogen-bond acceptors (Lipinski definition) is 4. The SMILES string of the molecule is Nc1ccc2[nH]nc(C(=O)N3CCS(=O)CC3)c2c1. The van der Waals surface area contributed by atoms with Crippen molar-refractivity contribution in [2.24, 2.45) is 0 Å². The van der Waals surface area contributed by atoms with Gasteiger partial charge in [-0.25, -0.2) is 0 Å². The third-order valence-corrected chi connectivity index (χ3v) is 4.53. The molecule has 0 unspecified atom stereocenters. The van der Waals surface area contributed by atoms with Crippen LogP contribution >= 0.6 is 0 Å². The second-order valence-electron chi connectivity index (χ2n) is 4.52. The third-order valence-electron chi connectivity index (χ3n) is 3.25. The summed E-state index contributed by atoms with van der Waals surface area (Å²) in [5.41, 5.74) is 7.52. The molecule has 0 aliphatic carbocycles. The highest BCUT2D eigenvalue weighted by molar-refractivity contribution is 7.85. The van der Waals surface area contributed by atoms with E-state index in [0.717, 1.165) is 10.9 Å². The van der Waals surface area contributed by atoms with Gasteiger partial charge in [0.2, 0.25) is 0 Å². The number of aromatic amines is 1. The van der Waals surface area contributed by atoms with Gasteiger partial charge in [-0.1, -0.05) is 0 Å². The van der Waals surface area contributed by atoms with Crippen LogP contribution in [0.1, 0.15) is 10.5 Å². The van der Waals surface area contributed by atoms with Gasteiger partial charge in [-0.05, 0) is 18.2 Å². The number of H-pyrrole nitrogens is 1. The van der Waals surface area contributed by atoms with Gasteiger partial charge in [-0.15, -0.1) is 0 Å². The summed E-state index contributed by atoms with van der Waals surface area (Å²) in [7, 11) is -0.797. The standard InChI is InChI=1S/C12H14N4O2S/c13-8-1-2-10-9(7-8)11(15-14-10)12(17)16-3-5-19(18)6-4-16/h1-2,7H,3-6,13H2,(H,14,15). The quantitative estimate of drug-likeness (QED) is 0.736. The molecule has 3 rings (SSSR count). The van der Waals surface area contributed by atoms with Gasteiger partial charge in [-0.2, -0.15) is 5.10 Å². The van der Waals surface area contributed by atoms with Crippen molar-refractivity contribution in [3.05, 3.63) is 23.9 Å². The Kier molecular flexibility index (Phi) is 2.98. The Hall–Kier alpha value is -1.89. The van der Waals surface area contributed by atoms with Crippen LogP contribution in [0.2, 0.25) is 0 Å². The van der Waals surface area contributed by atoms with E-state index in [1.807, 2.05) is 0 Å². The summed E-state index contributed by atoms with van der Waals surface area (Å²) in [5, 5.41) is 7.65. The molecule has 1 aromatic heterocycles. The molecule has 2 heterocycles. The van der Waals surface area contributed by atoms with Crippen molar-refractivity contribution in [1.82, 2.24) is 15.1 Å². The average Bonchev–Trinajstić information content (AvgIpc) is 2.81. The lowest BCUT2D eigenvalue weighted by Crippen LogP contribution is -2.42. The largest absolute Gasteiger partial charge is 0.399 e. The molecule has 7 heteroatoms. The molecule has 19 heavy (non-hydrogen) atoms. The molecule has 0 bridgehead atoms. The van der Waals surface area contributed by atoms with Gasteiger partial charge < -0.3 is 10.6 Å². The maximum Gasteiger partial charge on any atom is 0.275 e. The predicted octanol–water partition coefficient (Wildman–Crippen LogP) is 0.350. The van der Waals surface area contributed by atoms with Gasteiger partial charge in [0.25, 0.3) is 5.91 Å². The number of anilines is 1. The molecule has 3 N–H and O–H groups in total. The fraction of sp³-hybridized carbons (Fsp3) is 0.333. The van der Waals surface area contributed by atoms with Crippen LogP contribution in [-0.2, 0) is 10.8 Å². The Morgan fingerprint density at radius 3 is 2.84 bits per heavy atom. The second kappa shape index (κ2) is 4.65. The van der Waals surface area contributed by atoms with Gasteiger partial charge in [-0.3, -0.25) is 14.1 Å². The van der Waals surface area contributed by atoms with Crippen molar-refractivity contribution in [2.75, 3.05) is 30.3 Å². The highest BCUT2D eigenvalue weighted by Gasteiger charge is 2.24. The first-order valence-electron chi connectivity index (χ1n) is 6.03. The molecule has 1 saturated heterocycles. The minimum atomic E-state index is -0.797. The fourth-order valence-corrected chi connectivity index (χ4v) is 3.24. The van der Waals surface area contributed by atoms with Crippen LogP contribution in [0.15, 0.2) is 18.2 Å². The van der Waals surface area contributed by atoms with E-state index >= 15 is 0 Å². The smallest absolute Gasteiger partial charge is 0.275 e. The molecule has 2 aromatic rings. The van der Waals surface area contributed by atoms with E-state index in [0.29, 0.717) is 36.0 Å². The zero-order valence-corrected chi connectivity index (χ0v) is 11.1. The summed E-state index contributed by atoms with van der Waals surface area (Å²) < 4.78 is 11.3. The summed E-state index contributed by atoms with van der Waals surface area (Å²) in [5.74, 6) is 0.945. The lowest BCUT2D eigenvalue weighted by molar-refractivity contribution is 0.0767. The average molecular weight is 278 g/mol. The van der Waals surface area contributed by atoms with Gasteiger partial charge in [0.15, 0.2) is 5.69 Å². The van der Waals surface area contributed by atoms with E-state index in [2.05, 4.69) is 10.2 Å². The molecule has 1 aliphatic rings. The van der Waals surface area contributed by atoms with E-state index < -0.39 is 10.8 Å². The molecule has 0 spiro atoms. The molecular weight excluding hydrogens is 264 g/mol. The monoisotopic (exact) mass is 278 g/mol. The molecule has 1 amide bonds. The minimum Gasteiger partial charge on any atom is -0.399 e. The van der Waals surface area contributed by atoms with E-state index in [9.17, 15) is 9.00 Å². The molecule has 0 radical (unpaired) electrons. The Balaban J connectivity index is 1.93. The first kappa shape index (κ1) is 12.2. The second-order valence-corrected chi connectivity index (χ2v) is 6.21. The van der Waals surface area contributed by atoms with Crippen molar-refractivity contribution >= 4 is 33.3 Å². The summed E-state index contributed by atoms with van der Waals surface area (Å²) in [6.07, 6.45) is 0. The van der Waals surface area contributed by atoms with E-state index in [1.165, 1.54) is 0 Å². The lowest BCUT2D eigenvalue weighted by Gasteiger charge is -2.25. The number of benzene rings is 1. The van der Waals surface area contributed by atoms with Crippen LogP contribution in [0.4, 0.5) is 5.69 Å². The van der Waals surface area contributed by atoms with Crippen LogP contribution < -0.4 is 5.73 Å². The van der Waals surface area contributed by atoms with Crippen LogP contribution in [0.5, 0.6) is 0 Å². The van der Waals surface area contributed by atoms with Crippen LogP contribution in [0.25, 0.3) is 10.9 Å². The number of hydrogen-bond donors (Lipinski definition) is 2. The van der Waals surface area contributed by atoms with Gasteiger partial charge in [0.1, 0.15) is 0 Å². The summed E-state index contributed by atoms with van der Waals surface area (Å²) in [4.78, 5) is 14.1. The predicted molar refractivity (Wildman–Crippen MR) is 74.3 cm³/mol. The summed E-state index contributed by atoms with van der Waals surface area (Å²) >= 11 is 0. The maximum absolute atomic E-state index is 12.4. The first-order chi connectivity index (χ1) is 9.15. The molecule has 100 valence electrons. The number of aromatic nitrogens is 2. The van der Waals surface area contributed by atoms with Crippen LogP contribution in [0, 0.1) is 0 Å². The Morgan fingerprint density at radius 1 is 1.37 bits per heavy atom. The van der Waals surface area contributed by atoms with E-state index in [4.69, 9.17) is 5.73 Å². The van der Waals surface area contributed by atoms with E-state index in [-0.39, 0.29) is 5.91 Å². The first-order valence-corrected chi connectivity index (χ1v) is 7.52. The Morgan fingerprint density at radius 2 is 2.11 bits per heavy atom. The highest BCUT2D eigenvalue weighted by atomic mass is 32.2. The van der Waals surface area contributed by atoms with Crippen LogP contribution in [-0.4, -0.2) is 49.8 Å². The van der Waals surface area contributed by atoms with Gasteiger partial charge in [0, 0.05) is 46.5 Å².